The van der Waals surface area contributed by atoms with Crippen molar-refractivity contribution < 1.29 is 14.4 Å². The van der Waals surface area contributed by atoms with Gasteiger partial charge in [-0.05, 0) is 60.2 Å². The molecule has 2 aliphatic rings. The number of pyridine rings is 1. The highest BCUT2D eigenvalue weighted by Crippen LogP contribution is 2.31. The van der Waals surface area contributed by atoms with Crippen LogP contribution < -0.4 is 10.2 Å². The van der Waals surface area contributed by atoms with Gasteiger partial charge in [-0.1, -0.05) is 0 Å². The molecule has 3 amide bonds. The third-order valence-corrected chi connectivity index (χ3v) is 5.77. The van der Waals surface area contributed by atoms with Gasteiger partial charge in [0, 0.05) is 24.8 Å². The Balaban J connectivity index is 1.55. The molecule has 0 atom stereocenters. The number of carbonyl (C=O) groups excluding carboxylic acids is 3. The number of benzene rings is 1. The lowest BCUT2D eigenvalue weighted by Gasteiger charge is -2.15. The molecule has 0 bridgehead atoms. The van der Waals surface area contributed by atoms with Crippen LogP contribution in [0.4, 0.5) is 10.5 Å². The Morgan fingerprint density at radius 2 is 2.10 bits per heavy atom. The lowest BCUT2D eigenvalue weighted by molar-refractivity contribution is -0.116. The van der Waals surface area contributed by atoms with E-state index in [1.807, 2.05) is 28.8 Å². The lowest BCUT2D eigenvalue weighted by atomic mass is 10.1. The number of hydrogen-bond donors (Lipinski definition) is 1. The largest absolute Gasteiger partial charge is 0.312 e. The zero-order valence-corrected chi connectivity index (χ0v) is 16.2. The normalized spacial score (nSPS) is 17.3. The van der Waals surface area contributed by atoms with E-state index in [1.54, 1.807) is 30.3 Å². The van der Waals surface area contributed by atoms with Crippen LogP contribution in [-0.2, 0) is 16.0 Å². The van der Waals surface area contributed by atoms with Gasteiger partial charge in [-0.15, -0.1) is 0 Å². The number of thioether (sulfide) groups is 1. The molecule has 8 nitrogen and oxygen atoms in total. The second-order valence-corrected chi connectivity index (χ2v) is 7.79. The molecule has 0 saturated carbocycles. The summed E-state index contributed by atoms with van der Waals surface area (Å²) in [5.41, 5.74) is 4.88. The van der Waals surface area contributed by atoms with Crippen LogP contribution in [0.5, 0.6) is 0 Å². The van der Waals surface area contributed by atoms with Crippen LogP contribution in [0.25, 0.3) is 22.9 Å². The molecule has 3 aromatic rings. The van der Waals surface area contributed by atoms with Gasteiger partial charge in [0.15, 0.2) is 5.65 Å². The molecule has 0 aliphatic carbocycles. The molecule has 5 rings (SSSR count). The monoisotopic (exact) mass is 405 g/mol. The van der Waals surface area contributed by atoms with Crippen LogP contribution in [-0.4, -0.2) is 38.1 Å². The lowest BCUT2D eigenvalue weighted by Crippen LogP contribution is -2.25. The molecule has 0 radical (unpaired) electrons. The maximum atomic E-state index is 11.8. The number of nitrogens with one attached hydrogen (secondary N) is 1. The molecule has 0 unspecified atom stereocenters. The Bertz CT molecular complexity index is 1250. The first-order valence-electron chi connectivity index (χ1n) is 9.00. The molecule has 29 heavy (non-hydrogen) atoms. The first-order valence-corrected chi connectivity index (χ1v) is 9.81. The minimum Gasteiger partial charge on any atom is -0.312 e. The van der Waals surface area contributed by atoms with Crippen molar-refractivity contribution in [1.82, 2.24) is 19.9 Å². The van der Waals surface area contributed by atoms with E-state index in [0.29, 0.717) is 22.8 Å². The van der Waals surface area contributed by atoms with Gasteiger partial charge in [0.05, 0.1) is 10.6 Å². The fourth-order valence-electron chi connectivity index (χ4n) is 3.60. The Hall–Kier alpha value is -3.46. The van der Waals surface area contributed by atoms with Crippen LogP contribution in [0.3, 0.4) is 0 Å². The molecule has 1 saturated heterocycles. The fourth-order valence-corrected chi connectivity index (χ4v) is 4.27. The summed E-state index contributed by atoms with van der Waals surface area (Å²) >= 11 is 0.859. The number of carbonyl (C=O) groups is 3. The van der Waals surface area contributed by atoms with Crippen molar-refractivity contribution in [2.45, 2.75) is 13.3 Å². The number of fused-ring (bicyclic) bond motifs is 2. The Labute approximate surface area is 169 Å². The molecule has 2 aromatic heterocycles. The summed E-state index contributed by atoms with van der Waals surface area (Å²) in [5, 5.41) is 1.85. The summed E-state index contributed by atoms with van der Waals surface area (Å²) in [6, 6.07) is 9.52. The fraction of sp³-hybridized carbons (Fsp3) is 0.150. The predicted octanol–water partition coefficient (Wildman–Crippen LogP) is 2.65. The second kappa shape index (κ2) is 6.56. The molecule has 2 aliphatic heterocycles. The van der Waals surface area contributed by atoms with E-state index < -0.39 is 5.91 Å². The van der Waals surface area contributed by atoms with Gasteiger partial charge >= 0.3 is 0 Å². The molecular weight excluding hydrogens is 390 g/mol. The average molecular weight is 405 g/mol. The van der Waals surface area contributed by atoms with Gasteiger partial charge in [0.2, 0.25) is 5.91 Å². The zero-order valence-electron chi connectivity index (χ0n) is 15.4. The first-order chi connectivity index (χ1) is 14.0. The highest BCUT2D eigenvalue weighted by Gasteiger charge is 2.25. The van der Waals surface area contributed by atoms with Crippen molar-refractivity contribution in [3.8, 4) is 5.69 Å². The number of nitrogens with zero attached hydrogens (tertiary/aromatic N) is 4. The van der Waals surface area contributed by atoms with Crippen LogP contribution in [0, 0.1) is 0 Å². The van der Waals surface area contributed by atoms with Crippen LogP contribution in [0.15, 0.2) is 41.6 Å². The minimum absolute atomic E-state index is 0.0382. The molecule has 144 valence electrons. The summed E-state index contributed by atoms with van der Waals surface area (Å²) in [5.74, 6) is -0.375. The second-order valence-electron chi connectivity index (χ2n) is 6.78. The quantitative estimate of drug-likeness (QED) is 0.659. The van der Waals surface area contributed by atoms with E-state index in [1.165, 1.54) is 0 Å². The van der Waals surface area contributed by atoms with E-state index in [9.17, 15) is 14.4 Å². The third kappa shape index (κ3) is 2.99. The molecule has 1 aromatic carbocycles. The maximum Gasteiger partial charge on any atom is 0.290 e. The van der Waals surface area contributed by atoms with Crippen molar-refractivity contribution in [1.29, 1.82) is 0 Å². The number of aromatic nitrogens is 3. The minimum atomic E-state index is -0.413. The van der Waals surface area contributed by atoms with Crippen molar-refractivity contribution in [2.75, 3.05) is 11.4 Å². The topological polar surface area (TPSA) is 97.2 Å². The number of amides is 3. The molecule has 1 fully saturated rings. The first kappa shape index (κ1) is 17.6. The average Bonchev–Trinajstić information content (AvgIpc) is 3.38. The summed E-state index contributed by atoms with van der Waals surface area (Å²) in [4.78, 5) is 46.0. The predicted molar refractivity (Wildman–Crippen MR) is 110 cm³/mol. The number of imidazole rings is 1. The number of anilines is 1. The van der Waals surface area contributed by atoms with Gasteiger partial charge in [-0.3, -0.25) is 24.3 Å². The van der Waals surface area contributed by atoms with Crippen LogP contribution in [0.2, 0.25) is 0 Å². The van der Waals surface area contributed by atoms with Gasteiger partial charge in [0.25, 0.3) is 11.1 Å². The SMILES string of the molecule is CC(=O)N1CCc2cc(-n3cnc4ccc(/C=C5\SC(=O)NC5=O)nc43)ccc21. The number of rotatable bonds is 2. The summed E-state index contributed by atoms with van der Waals surface area (Å²) in [7, 11) is 0. The van der Waals surface area contributed by atoms with E-state index in [2.05, 4.69) is 15.3 Å². The summed E-state index contributed by atoms with van der Waals surface area (Å²) in [6.07, 6.45) is 4.10. The smallest absolute Gasteiger partial charge is 0.290 e. The van der Waals surface area contributed by atoms with Crippen molar-refractivity contribution in [3.05, 3.63) is 52.8 Å². The van der Waals surface area contributed by atoms with Crippen LogP contribution >= 0.6 is 11.8 Å². The molecule has 0 spiro atoms. The standard InChI is InChI=1S/C20H15N5O3S/c1-11(26)24-7-6-12-8-14(3-5-16(12)24)25-10-21-15-4-2-13(22-18(15)25)9-17-19(27)23-20(28)29-17/h2-5,8-10H,6-7H2,1H3,(H,23,27,28)/b17-9-. The van der Waals surface area contributed by atoms with Gasteiger partial charge in [-0.2, -0.15) is 0 Å². The van der Waals surface area contributed by atoms with E-state index >= 15 is 0 Å². The van der Waals surface area contributed by atoms with E-state index in [0.717, 1.165) is 40.6 Å². The van der Waals surface area contributed by atoms with Gasteiger partial charge in [-0.25, -0.2) is 9.97 Å². The Kier molecular flexibility index (Phi) is 3.99. The van der Waals surface area contributed by atoms with Gasteiger partial charge < -0.3 is 4.90 Å². The van der Waals surface area contributed by atoms with Crippen molar-refractivity contribution in [2.24, 2.45) is 0 Å². The highest BCUT2D eigenvalue weighted by molar-refractivity contribution is 8.18. The Morgan fingerprint density at radius 1 is 1.24 bits per heavy atom. The van der Waals surface area contributed by atoms with Crippen LogP contribution in [0.1, 0.15) is 18.2 Å². The molecule has 1 N–H and O–H groups in total. The molecule has 9 heteroatoms. The number of imide groups is 1. The zero-order chi connectivity index (χ0) is 20.1. The summed E-state index contributed by atoms with van der Waals surface area (Å²) < 4.78 is 1.88. The van der Waals surface area contributed by atoms with Crippen molar-refractivity contribution in [3.63, 3.8) is 0 Å². The van der Waals surface area contributed by atoms with Gasteiger partial charge in [0.1, 0.15) is 11.8 Å². The maximum absolute atomic E-state index is 11.8. The van der Waals surface area contributed by atoms with Crippen molar-refractivity contribution >= 4 is 51.7 Å². The number of hydrogen-bond acceptors (Lipinski definition) is 6. The highest BCUT2D eigenvalue weighted by atomic mass is 32.2. The van der Waals surface area contributed by atoms with E-state index in [-0.39, 0.29) is 11.1 Å². The molecular formula is C20H15N5O3S. The van der Waals surface area contributed by atoms with E-state index in [4.69, 9.17) is 0 Å². The third-order valence-electron chi connectivity index (χ3n) is 4.95. The molecule has 4 heterocycles. The Morgan fingerprint density at radius 3 is 2.86 bits per heavy atom. The summed E-state index contributed by atoms with van der Waals surface area (Å²) in [6.45, 7) is 2.26.